The fraction of sp³-hybridized carbons (Fsp3) is 0.333. The molecule has 1 aromatic carbocycles. The van der Waals surface area contributed by atoms with Crippen LogP contribution in [-0.4, -0.2) is 55.8 Å². The topological polar surface area (TPSA) is 66.9 Å². The zero-order chi connectivity index (χ0) is 18.1. The molecule has 1 fully saturated rings. The lowest BCUT2D eigenvalue weighted by molar-refractivity contribution is 0.102. The van der Waals surface area contributed by atoms with E-state index in [2.05, 4.69) is 27.1 Å². The first kappa shape index (κ1) is 16.9. The second kappa shape index (κ2) is 7.01. The Labute approximate surface area is 156 Å². The summed E-state index contributed by atoms with van der Waals surface area (Å²) in [5.41, 5.74) is 1.03. The molecule has 2 aliphatic rings. The number of hydrogen-bond donors (Lipinski definition) is 1. The lowest BCUT2D eigenvalue weighted by Crippen LogP contribution is -2.44. The summed E-state index contributed by atoms with van der Waals surface area (Å²) in [6.45, 7) is 4.05. The summed E-state index contributed by atoms with van der Waals surface area (Å²) in [6.07, 6.45) is 1.67. The zero-order valence-electron chi connectivity index (χ0n) is 14.4. The molecule has 0 bridgehead atoms. The maximum atomic E-state index is 12.5. The average Bonchev–Trinajstić information content (AvgIpc) is 3.12. The molecule has 0 unspecified atom stereocenters. The fourth-order valence-electron chi connectivity index (χ4n) is 2.98. The number of fused-ring (bicyclic) bond motifs is 1. The van der Waals surface area contributed by atoms with Gasteiger partial charge < -0.3 is 24.6 Å². The van der Waals surface area contributed by atoms with Crippen molar-refractivity contribution in [3.05, 3.63) is 41.0 Å². The Morgan fingerprint density at radius 3 is 2.73 bits per heavy atom. The minimum atomic E-state index is -0.278. The highest BCUT2D eigenvalue weighted by Gasteiger charge is 2.21. The van der Waals surface area contributed by atoms with Gasteiger partial charge in [-0.05, 0) is 31.3 Å². The number of carbonyl (C=O) groups is 1. The molecule has 4 rings (SSSR count). The Morgan fingerprint density at radius 2 is 2.00 bits per heavy atom. The van der Waals surface area contributed by atoms with Gasteiger partial charge in [0.2, 0.25) is 6.79 Å². The van der Waals surface area contributed by atoms with Gasteiger partial charge in [-0.15, -0.1) is 0 Å². The highest BCUT2D eigenvalue weighted by atomic mass is 35.5. The fourth-order valence-corrected chi connectivity index (χ4v) is 3.25. The molecule has 0 aliphatic carbocycles. The van der Waals surface area contributed by atoms with E-state index in [-0.39, 0.29) is 12.7 Å². The van der Waals surface area contributed by atoms with Crippen molar-refractivity contribution in [1.29, 1.82) is 0 Å². The highest BCUT2D eigenvalue weighted by Crippen LogP contribution is 2.39. The van der Waals surface area contributed by atoms with Crippen LogP contribution in [-0.2, 0) is 0 Å². The number of nitrogens with one attached hydrogen (secondary N) is 1. The van der Waals surface area contributed by atoms with Crippen molar-refractivity contribution in [3.8, 4) is 11.5 Å². The predicted molar refractivity (Wildman–Crippen MR) is 99.5 cm³/mol. The number of nitrogens with zero attached hydrogens (tertiary/aromatic N) is 3. The first-order valence-electron chi connectivity index (χ1n) is 8.40. The van der Waals surface area contributed by atoms with Crippen molar-refractivity contribution < 1.29 is 14.3 Å². The number of halogens is 1. The van der Waals surface area contributed by atoms with Crippen LogP contribution in [0.3, 0.4) is 0 Å². The van der Waals surface area contributed by atoms with Crippen LogP contribution < -0.4 is 19.7 Å². The minimum Gasteiger partial charge on any atom is -0.454 e. The molecule has 136 valence electrons. The van der Waals surface area contributed by atoms with E-state index >= 15 is 0 Å². The van der Waals surface area contributed by atoms with Crippen molar-refractivity contribution in [3.63, 3.8) is 0 Å². The maximum absolute atomic E-state index is 12.5. The van der Waals surface area contributed by atoms with E-state index in [1.165, 1.54) is 0 Å². The maximum Gasteiger partial charge on any atom is 0.255 e. The molecule has 1 saturated heterocycles. The molecule has 2 aromatic rings. The van der Waals surface area contributed by atoms with Crippen LogP contribution in [0.2, 0.25) is 5.02 Å². The van der Waals surface area contributed by atoms with Gasteiger partial charge in [0.15, 0.2) is 11.5 Å². The monoisotopic (exact) mass is 374 g/mol. The average molecular weight is 375 g/mol. The zero-order valence-corrected chi connectivity index (χ0v) is 15.1. The van der Waals surface area contributed by atoms with E-state index in [1.807, 2.05) is 12.1 Å². The molecule has 0 radical (unpaired) electrons. The number of likely N-dealkylation sites (N-methyl/N-ethyl adjacent to an activating group) is 1. The minimum absolute atomic E-state index is 0.109. The molecule has 1 N–H and O–H groups in total. The molecular weight excluding hydrogens is 356 g/mol. The van der Waals surface area contributed by atoms with Gasteiger partial charge in [0.1, 0.15) is 5.82 Å². The lowest BCUT2D eigenvalue weighted by atomic mass is 10.2. The number of rotatable bonds is 3. The molecular formula is C18H19ClN4O3. The van der Waals surface area contributed by atoms with Gasteiger partial charge in [0, 0.05) is 31.7 Å². The number of pyridine rings is 1. The van der Waals surface area contributed by atoms with Crippen LogP contribution >= 0.6 is 11.6 Å². The Morgan fingerprint density at radius 1 is 1.19 bits per heavy atom. The predicted octanol–water partition coefficient (Wildman–Crippen LogP) is 2.47. The van der Waals surface area contributed by atoms with Gasteiger partial charge in [-0.3, -0.25) is 4.79 Å². The molecule has 2 aliphatic heterocycles. The summed E-state index contributed by atoms with van der Waals surface area (Å²) in [6, 6.07) is 6.96. The highest BCUT2D eigenvalue weighted by molar-refractivity contribution is 6.32. The van der Waals surface area contributed by atoms with Crippen LogP contribution in [0.15, 0.2) is 30.5 Å². The van der Waals surface area contributed by atoms with Crippen molar-refractivity contribution in [2.45, 2.75) is 0 Å². The number of carbonyl (C=O) groups excluding carboxylic acids is 1. The van der Waals surface area contributed by atoms with E-state index in [0.717, 1.165) is 32.0 Å². The molecule has 0 spiro atoms. The van der Waals surface area contributed by atoms with Crippen molar-refractivity contribution in [2.75, 3.05) is 50.2 Å². The Hall–Kier alpha value is -2.51. The van der Waals surface area contributed by atoms with Gasteiger partial charge >= 0.3 is 0 Å². The third kappa shape index (κ3) is 3.40. The number of piperazine rings is 1. The number of amides is 1. The number of hydrogen-bond acceptors (Lipinski definition) is 6. The van der Waals surface area contributed by atoms with Crippen LogP contribution in [0.5, 0.6) is 11.5 Å². The second-order valence-corrected chi connectivity index (χ2v) is 6.75. The van der Waals surface area contributed by atoms with E-state index < -0.39 is 0 Å². The third-order valence-corrected chi connectivity index (χ3v) is 4.80. The number of anilines is 2. The molecule has 1 amide bonds. The van der Waals surface area contributed by atoms with Crippen molar-refractivity contribution in [1.82, 2.24) is 9.88 Å². The number of benzene rings is 1. The van der Waals surface area contributed by atoms with Crippen LogP contribution in [0.1, 0.15) is 10.4 Å². The summed E-state index contributed by atoms with van der Waals surface area (Å²) >= 11 is 6.13. The second-order valence-electron chi connectivity index (χ2n) is 6.34. The molecule has 7 nitrogen and oxygen atoms in total. The van der Waals surface area contributed by atoms with Gasteiger partial charge in [-0.2, -0.15) is 0 Å². The first-order valence-corrected chi connectivity index (χ1v) is 8.78. The van der Waals surface area contributed by atoms with E-state index in [1.54, 1.807) is 18.3 Å². The SMILES string of the molecule is CN1CCN(c2ccc(NC(=O)c3cc(Cl)c4c(c3)OCO4)cn2)CC1. The molecule has 0 saturated carbocycles. The molecule has 26 heavy (non-hydrogen) atoms. The molecule has 1 aromatic heterocycles. The van der Waals surface area contributed by atoms with Crippen molar-refractivity contribution >= 4 is 29.0 Å². The van der Waals surface area contributed by atoms with Crippen molar-refractivity contribution in [2.24, 2.45) is 0 Å². The molecule has 8 heteroatoms. The summed E-state index contributed by atoms with van der Waals surface area (Å²) in [4.78, 5) is 21.5. The number of aromatic nitrogens is 1. The summed E-state index contributed by atoms with van der Waals surface area (Å²) in [5, 5.41) is 3.19. The molecule has 0 atom stereocenters. The quantitative estimate of drug-likeness (QED) is 0.890. The number of ether oxygens (including phenoxy) is 2. The van der Waals surface area contributed by atoms with E-state index in [4.69, 9.17) is 21.1 Å². The largest absolute Gasteiger partial charge is 0.454 e. The third-order valence-electron chi connectivity index (χ3n) is 4.52. The van der Waals surface area contributed by atoms with Crippen LogP contribution in [0, 0.1) is 0 Å². The Kier molecular flexibility index (Phi) is 4.57. The normalized spacial score (nSPS) is 16.6. The van der Waals surface area contributed by atoms with Gasteiger partial charge in [0.25, 0.3) is 5.91 Å². The summed E-state index contributed by atoms with van der Waals surface area (Å²) in [5.74, 6) is 1.59. The summed E-state index contributed by atoms with van der Waals surface area (Å²) < 4.78 is 10.6. The first-order chi connectivity index (χ1) is 12.6. The summed E-state index contributed by atoms with van der Waals surface area (Å²) in [7, 11) is 2.12. The molecule has 3 heterocycles. The van der Waals surface area contributed by atoms with Gasteiger partial charge in [-0.1, -0.05) is 11.6 Å². The van der Waals surface area contributed by atoms with Crippen LogP contribution in [0.25, 0.3) is 0 Å². The standard InChI is InChI=1S/C18H19ClN4O3/c1-22-4-6-23(7-5-22)16-3-2-13(10-20-16)21-18(24)12-8-14(19)17-15(9-12)25-11-26-17/h2-3,8-10H,4-7,11H2,1H3,(H,21,24). The smallest absolute Gasteiger partial charge is 0.255 e. The van der Waals surface area contributed by atoms with Gasteiger partial charge in [0.05, 0.1) is 16.9 Å². The van der Waals surface area contributed by atoms with E-state index in [0.29, 0.717) is 27.8 Å². The lowest BCUT2D eigenvalue weighted by Gasteiger charge is -2.33. The Bertz CT molecular complexity index is 820. The Balaban J connectivity index is 1.44. The van der Waals surface area contributed by atoms with E-state index in [9.17, 15) is 4.79 Å². The van der Waals surface area contributed by atoms with Crippen LogP contribution in [0.4, 0.5) is 11.5 Å². The van der Waals surface area contributed by atoms with Gasteiger partial charge in [-0.25, -0.2) is 4.98 Å².